The van der Waals surface area contributed by atoms with Crippen LogP contribution in [0.15, 0.2) is 30.3 Å². The number of nitrogens with zero attached hydrogens (tertiary/aromatic N) is 1. The molecule has 0 spiro atoms. The first-order chi connectivity index (χ1) is 10.3. The zero-order valence-corrected chi connectivity index (χ0v) is 12.5. The summed E-state index contributed by atoms with van der Waals surface area (Å²) in [5.74, 6) is 0.929. The highest BCUT2D eigenvalue weighted by Gasteiger charge is 2.31. The van der Waals surface area contributed by atoms with Crippen LogP contribution < -0.4 is 10.1 Å². The summed E-state index contributed by atoms with van der Waals surface area (Å²) in [6, 6.07) is 10.8. The van der Waals surface area contributed by atoms with Crippen LogP contribution in [0.3, 0.4) is 0 Å². The second-order valence-electron chi connectivity index (χ2n) is 6.02. The summed E-state index contributed by atoms with van der Waals surface area (Å²) in [6.45, 7) is 2.71. The van der Waals surface area contributed by atoms with Crippen LogP contribution in [-0.4, -0.2) is 42.6 Å². The van der Waals surface area contributed by atoms with Crippen LogP contribution in [0, 0.1) is 0 Å². The fraction of sp³-hybridized carbons (Fsp3) is 0.588. The number of piperidine rings is 1. The molecule has 0 radical (unpaired) electrons. The van der Waals surface area contributed by atoms with Crippen molar-refractivity contribution in [2.45, 2.75) is 44.2 Å². The maximum atomic E-state index is 11.9. The Morgan fingerprint density at radius 3 is 2.52 bits per heavy atom. The third-order valence-electron chi connectivity index (χ3n) is 4.30. The van der Waals surface area contributed by atoms with Gasteiger partial charge in [-0.3, -0.25) is 4.79 Å². The van der Waals surface area contributed by atoms with Crippen molar-refractivity contribution in [3.05, 3.63) is 30.3 Å². The molecule has 4 heteroatoms. The Bertz CT molecular complexity index is 451. The summed E-state index contributed by atoms with van der Waals surface area (Å²) < 4.78 is 5.55. The molecule has 2 fully saturated rings. The molecule has 3 rings (SSSR count). The van der Waals surface area contributed by atoms with Gasteiger partial charge in [0.15, 0.2) is 0 Å². The van der Waals surface area contributed by atoms with E-state index in [-0.39, 0.29) is 5.91 Å². The van der Waals surface area contributed by atoms with Gasteiger partial charge in [-0.1, -0.05) is 18.2 Å². The standard InChI is InChI=1S/C17H24N2O2/c20-17(10-13-21-16-4-2-1-3-5-16)18-14-8-11-19(12-9-14)15-6-7-15/h1-5,14-15H,6-13H2,(H,18,20). The summed E-state index contributed by atoms with van der Waals surface area (Å²) in [4.78, 5) is 14.5. The average molecular weight is 288 g/mol. The molecule has 1 heterocycles. The SMILES string of the molecule is O=C(CCOc1ccccc1)NC1CCN(C2CC2)CC1. The van der Waals surface area contributed by atoms with Crippen LogP contribution in [0.4, 0.5) is 0 Å². The molecule has 0 aromatic heterocycles. The smallest absolute Gasteiger partial charge is 0.223 e. The lowest BCUT2D eigenvalue weighted by atomic mass is 10.0. The number of amides is 1. The Morgan fingerprint density at radius 1 is 1.14 bits per heavy atom. The number of hydrogen-bond donors (Lipinski definition) is 1. The van der Waals surface area contributed by atoms with Crippen LogP contribution in [0.1, 0.15) is 32.1 Å². The molecule has 1 saturated carbocycles. The lowest BCUT2D eigenvalue weighted by molar-refractivity contribution is -0.122. The number of likely N-dealkylation sites (tertiary alicyclic amines) is 1. The molecule has 1 aliphatic heterocycles. The van der Waals surface area contributed by atoms with E-state index in [9.17, 15) is 4.79 Å². The first kappa shape index (κ1) is 14.4. The van der Waals surface area contributed by atoms with Gasteiger partial charge in [0, 0.05) is 25.2 Å². The molecule has 1 aliphatic carbocycles. The van der Waals surface area contributed by atoms with Gasteiger partial charge in [0.25, 0.3) is 0 Å². The van der Waals surface area contributed by atoms with Gasteiger partial charge in [-0.2, -0.15) is 0 Å². The first-order valence-corrected chi connectivity index (χ1v) is 8.02. The molecule has 1 aromatic rings. The third-order valence-corrected chi connectivity index (χ3v) is 4.30. The number of rotatable bonds is 6. The summed E-state index contributed by atoms with van der Waals surface area (Å²) in [7, 11) is 0. The van der Waals surface area contributed by atoms with Crippen molar-refractivity contribution in [2.75, 3.05) is 19.7 Å². The van der Waals surface area contributed by atoms with Gasteiger partial charge in [-0.05, 0) is 37.8 Å². The Balaban J connectivity index is 1.31. The average Bonchev–Trinajstić information content (AvgIpc) is 3.34. The fourth-order valence-corrected chi connectivity index (χ4v) is 2.93. The van der Waals surface area contributed by atoms with E-state index in [1.807, 2.05) is 30.3 Å². The molecule has 114 valence electrons. The van der Waals surface area contributed by atoms with Gasteiger partial charge in [0.2, 0.25) is 5.91 Å². The van der Waals surface area contributed by atoms with Crippen molar-refractivity contribution in [1.29, 1.82) is 0 Å². The number of hydrogen-bond acceptors (Lipinski definition) is 3. The highest BCUT2D eigenvalue weighted by atomic mass is 16.5. The van der Waals surface area contributed by atoms with Gasteiger partial charge in [-0.15, -0.1) is 0 Å². The molecule has 1 aromatic carbocycles. The van der Waals surface area contributed by atoms with Crippen LogP contribution >= 0.6 is 0 Å². The normalized spacial score (nSPS) is 20.2. The first-order valence-electron chi connectivity index (χ1n) is 8.02. The molecule has 1 N–H and O–H groups in total. The Labute approximate surface area is 126 Å². The second kappa shape index (κ2) is 6.94. The number of ether oxygens (including phenoxy) is 1. The van der Waals surface area contributed by atoms with Crippen molar-refractivity contribution in [2.24, 2.45) is 0 Å². The Kier molecular flexibility index (Phi) is 4.76. The minimum absolute atomic E-state index is 0.107. The number of nitrogens with one attached hydrogen (secondary N) is 1. The molecular weight excluding hydrogens is 264 g/mol. The summed E-state index contributed by atoms with van der Waals surface area (Å²) >= 11 is 0. The van der Waals surface area contributed by atoms with Crippen LogP contribution in [0.25, 0.3) is 0 Å². The van der Waals surface area contributed by atoms with Gasteiger partial charge >= 0.3 is 0 Å². The van der Waals surface area contributed by atoms with E-state index in [0.717, 1.165) is 37.7 Å². The molecule has 0 atom stereocenters. The molecule has 0 bridgehead atoms. The van der Waals surface area contributed by atoms with Crippen molar-refractivity contribution in [3.63, 3.8) is 0 Å². The molecule has 2 aliphatic rings. The van der Waals surface area contributed by atoms with Gasteiger partial charge in [-0.25, -0.2) is 0 Å². The van der Waals surface area contributed by atoms with Crippen molar-refractivity contribution >= 4 is 5.91 Å². The Hall–Kier alpha value is -1.55. The number of para-hydroxylation sites is 1. The predicted octanol–water partition coefficient (Wildman–Crippen LogP) is 2.20. The topological polar surface area (TPSA) is 41.6 Å². The maximum Gasteiger partial charge on any atom is 0.223 e. The second-order valence-corrected chi connectivity index (χ2v) is 6.02. The van der Waals surface area contributed by atoms with Crippen LogP contribution in [0.5, 0.6) is 5.75 Å². The van der Waals surface area contributed by atoms with E-state index in [2.05, 4.69) is 10.2 Å². The van der Waals surface area contributed by atoms with E-state index >= 15 is 0 Å². The molecular formula is C17H24N2O2. The van der Waals surface area contributed by atoms with E-state index in [1.165, 1.54) is 12.8 Å². The van der Waals surface area contributed by atoms with Gasteiger partial charge in [0.1, 0.15) is 5.75 Å². The van der Waals surface area contributed by atoms with Crippen LogP contribution in [0.2, 0.25) is 0 Å². The molecule has 4 nitrogen and oxygen atoms in total. The summed E-state index contributed by atoms with van der Waals surface area (Å²) in [5.41, 5.74) is 0. The summed E-state index contributed by atoms with van der Waals surface area (Å²) in [5, 5.41) is 3.14. The highest BCUT2D eigenvalue weighted by Crippen LogP contribution is 2.29. The molecule has 1 saturated heterocycles. The van der Waals surface area contributed by atoms with Crippen molar-refractivity contribution in [1.82, 2.24) is 10.2 Å². The minimum atomic E-state index is 0.107. The van der Waals surface area contributed by atoms with Crippen molar-refractivity contribution in [3.8, 4) is 5.75 Å². The molecule has 1 amide bonds. The van der Waals surface area contributed by atoms with Crippen molar-refractivity contribution < 1.29 is 9.53 Å². The maximum absolute atomic E-state index is 11.9. The van der Waals surface area contributed by atoms with E-state index in [4.69, 9.17) is 4.74 Å². The quantitative estimate of drug-likeness (QED) is 0.872. The van der Waals surface area contributed by atoms with Crippen LogP contribution in [-0.2, 0) is 4.79 Å². The fourth-order valence-electron chi connectivity index (χ4n) is 2.93. The number of benzene rings is 1. The largest absolute Gasteiger partial charge is 0.493 e. The Morgan fingerprint density at radius 2 is 1.86 bits per heavy atom. The van der Waals surface area contributed by atoms with Gasteiger partial charge in [0.05, 0.1) is 13.0 Å². The van der Waals surface area contributed by atoms with E-state index in [0.29, 0.717) is 19.1 Å². The van der Waals surface area contributed by atoms with Gasteiger partial charge < -0.3 is 15.0 Å². The minimum Gasteiger partial charge on any atom is -0.493 e. The zero-order valence-electron chi connectivity index (χ0n) is 12.5. The van der Waals surface area contributed by atoms with E-state index < -0.39 is 0 Å². The zero-order chi connectivity index (χ0) is 14.5. The third kappa shape index (κ3) is 4.46. The number of carbonyl (C=O) groups excluding carboxylic acids is 1. The monoisotopic (exact) mass is 288 g/mol. The molecule has 21 heavy (non-hydrogen) atoms. The lowest BCUT2D eigenvalue weighted by Gasteiger charge is -2.32. The lowest BCUT2D eigenvalue weighted by Crippen LogP contribution is -2.45. The molecule has 0 unspecified atom stereocenters. The van der Waals surface area contributed by atoms with E-state index in [1.54, 1.807) is 0 Å². The summed E-state index contributed by atoms with van der Waals surface area (Å²) in [6.07, 6.45) is 5.34. The highest BCUT2D eigenvalue weighted by molar-refractivity contribution is 5.76. The number of carbonyl (C=O) groups is 1. The predicted molar refractivity (Wildman–Crippen MR) is 82.3 cm³/mol.